The number of nitrogens with one attached hydrogen (secondary N) is 1. The number of fused-ring (bicyclic) bond motifs is 3. The Hall–Kier alpha value is -2.18. The predicted molar refractivity (Wildman–Crippen MR) is 96.4 cm³/mol. The van der Waals surface area contributed by atoms with Crippen molar-refractivity contribution < 1.29 is 8.78 Å². The summed E-state index contributed by atoms with van der Waals surface area (Å²) in [6.45, 7) is 2.06. The summed E-state index contributed by atoms with van der Waals surface area (Å²) in [7, 11) is 0. The first-order chi connectivity index (χ1) is 12.0. The van der Waals surface area contributed by atoms with Gasteiger partial charge < -0.3 is 5.32 Å². The van der Waals surface area contributed by atoms with Gasteiger partial charge in [-0.15, -0.1) is 11.8 Å². The van der Waals surface area contributed by atoms with Gasteiger partial charge in [0.05, 0.1) is 5.69 Å². The van der Waals surface area contributed by atoms with Gasteiger partial charge in [-0.2, -0.15) is 0 Å². The third-order valence-corrected chi connectivity index (χ3v) is 5.41. The van der Waals surface area contributed by atoms with Gasteiger partial charge in [-0.05, 0) is 37.3 Å². The van der Waals surface area contributed by atoms with E-state index in [0.717, 1.165) is 21.7 Å². The molecule has 3 aromatic rings. The van der Waals surface area contributed by atoms with Crippen LogP contribution in [0.2, 0.25) is 5.02 Å². The number of para-hydroxylation sites is 1. The van der Waals surface area contributed by atoms with Crippen LogP contribution in [0.3, 0.4) is 0 Å². The van der Waals surface area contributed by atoms with Gasteiger partial charge in [0.15, 0.2) is 0 Å². The van der Waals surface area contributed by atoms with E-state index in [1.165, 1.54) is 18.2 Å². The molecule has 0 amide bonds. The van der Waals surface area contributed by atoms with Crippen molar-refractivity contribution in [1.29, 1.82) is 0 Å². The van der Waals surface area contributed by atoms with Gasteiger partial charge in [0.2, 0.25) is 5.95 Å². The van der Waals surface area contributed by atoms with Crippen LogP contribution in [-0.4, -0.2) is 9.97 Å². The van der Waals surface area contributed by atoms with Crippen LogP contribution in [0, 0.1) is 11.6 Å². The third-order valence-electron chi connectivity index (χ3n) is 3.96. The van der Waals surface area contributed by atoms with E-state index in [0.29, 0.717) is 5.02 Å². The largest absolute Gasteiger partial charge is 0.319 e. The maximum atomic E-state index is 13.9. The Morgan fingerprint density at radius 1 is 1.16 bits per heavy atom. The first-order valence-corrected chi connectivity index (χ1v) is 8.83. The van der Waals surface area contributed by atoms with Gasteiger partial charge in [-0.3, -0.25) is 0 Å². The second-order valence-electron chi connectivity index (χ2n) is 5.62. The van der Waals surface area contributed by atoms with Crippen LogP contribution < -0.4 is 5.32 Å². The van der Waals surface area contributed by atoms with E-state index in [4.69, 9.17) is 11.6 Å². The van der Waals surface area contributed by atoms with Gasteiger partial charge in [0, 0.05) is 32.5 Å². The molecule has 0 saturated carbocycles. The number of hydrogen-bond acceptors (Lipinski definition) is 4. The Labute approximate surface area is 152 Å². The number of aromatic nitrogens is 2. The SMILES string of the molecule is CC1Sc2ccc(Cl)cc2-c2nc(Nc3c(F)cccc3F)ncc21. The first-order valence-electron chi connectivity index (χ1n) is 7.57. The molecule has 2 heterocycles. The summed E-state index contributed by atoms with van der Waals surface area (Å²) in [6.07, 6.45) is 1.69. The summed E-state index contributed by atoms with van der Waals surface area (Å²) in [6, 6.07) is 9.29. The molecule has 0 fully saturated rings. The highest BCUT2D eigenvalue weighted by atomic mass is 35.5. The zero-order valence-corrected chi connectivity index (χ0v) is 14.6. The highest BCUT2D eigenvalue weighted by molar-refractivity contribution is 7.99. The molecule has 1 N–H and O–H groups in total. The van der Waals surface area contributed by atoms with Crippen LogP contribution >= 0.6 is 23.4 Å². The van der Waals surface area contributed by atoms with Crippen molar-refractivity contribution in [3.63, 3.8) is 0 Å². The average Bonchev–Trinajstić information content (AvgIpc) is 2.59. The fourth-order valence-corrected chi connectivity index (χ4v) is 4.02. The molecule has 1 atom stereocenters. The molecule has 1 aliphatic rings. The molecule has 25 heavy (non-hydrogen) atoms. The van der Waals surface area contributed by atoms with Crippen LogP contribution in [0.4, 0.5) is 20.4 Å². The van der Waals surface area contributed by atoms with Crippen LogP contribution in [0.25, 0.3) is 11.3 Å². The second-order valence-corrected chi connectivity index (χ2v) is 7.44. The Bertz CT molecular complexity index is 960. The molecule has 0 radical (unpaired) electrons. The minimum absolute atomic E-state index is 0.132. The lowest BCUT2D eigenvalue weighted by atomic mass is 10.0. The van der Waals surface area contributed by atoms with E-state index in [-0.39, 0.29) is 16.9 Å². The molecule has 126 valence electrons. The lowest BCUT2D eigenvalue weighted by Gasteiger charge is -2.24. The quantitative estimate of drug-likeness (QED) is 0.597. The Morgan fingerprint density at radius 3 is 2.68 bits per heavy atom. The second kappa shape index (κ2) is 6.28. The minimum Gasteiger partial charge on any atom is -0.319 e. The van der Waals surface area contributed by atoms with E-state index in [9.17, 15) is 8.78 Å². The molecule has 1 aliphatic heterocycles. The molecule has 3 nitrogen and oxygen atoms in total. The number of thioether (sulfide) groups is 1. The van der Waals surface area contributed by atoms with E-state index >= 15 is 0 Å². The summed E-state index contributed by atoms with van der Waals surface area (Å²) >= 11 is 7.82. The van der Waals surface area contributed by atoms with E-state index < -0.39 is 11.6 Å². The smallest absolute Gasteiger partial charge is 0.227 e. The predicted octanol–water partition coefficient (Wildman–Crippen LogP) is 5.99. The van der Waals surface area contributed by atoms with E-state index in [1.54, 1.807) is 18.0 Å². The molecule has 1 unspecified atom stereocenters. The lowest BCUT2D eigenvalue weighted by Crippen LogP contribution is -2.08. The highest BCUT2D eigenvalue weighted by Gasteiger charge is 2.25. The molecule has 4 rings (SSSR count). The summed E-state index contributed by atoms with van der Waals surface area (Å²) in [4.78, 5) is 9.77. The molecule has 0 spiro atoms. The van der Waals surface area contributed by atoms with Crippen LogP contribution in [-0.2, 0) is 0 Å². The van der Waals surface area contributed by atoms with E-state index in [1.807, 2.05) is 18.2 Å². The van der Waals surface area contributed by atoms with Crippen molar-refractivity contribution in [2.24, 2.45) is 0 Å². The zero-order chi connectivity index (χ0) is 17.6. The fourth-order valence-electron chi connectivity index (χ4n) is 2.74. The molecule has 2 aromatic carbocycles. The lowest BCUT2D eigenvalue weighted by molar-refractivity contribution is 0.590. The summed E-state index contributed by atoms with van der Waals surface area (Å²) in [5.74, 6) is -1.27. The fraction of sp³-hybridized carbons (Fsp3) is 0.111. The van der Waals surface area contributed by atoms with Gasteiger partial charge >= 0.3 is 0 Å². The maximum absolute atomic E-state index is 13.9. The van der Waals surface area contributed by atoms with Crippen molar-refractivity contribution >= 4 is 35.0 Å². The number of benzene rings is 2. The van der Waals surface area contributed by atoms with Gasteiger partial charge in [-0.25, -0.2) is 18.7 Å². The minimum atomic E-state index is -0.700. The highest BCUT2D eigenvalue weighted by Crippen LogP contribution is 2.48. The maximum Gasteiger partial charge on any atom is 0.227 e. The Kier molecular flexibility index (Phi) is 4.09. The topological polar surface area (TPSA) is 37.8 Å². The number of hydrogen-bond donors (Lipinski definition) is 1. The van der Waals surface area contributed by atoms with Crippen LogP contribution in [0.1, 0.15) is 17.7 Å². The van der Waals surface area contributed by atoms with Crippen LogP contribution in [0.15, 0.2) is 47.5 Å². The van der Waals surface area contributed by atoms with Gasteiger partial charge in [0.25, 0.3) is 0 Å². The molecule has 0 aliphatic carbocycles. The van der Waals surface area contributed by atoms with Crippen molar-refractivity contribution in [1.82, 2.24) is 9.97 Å². The molecule has 0 saturated heterocycles. The zero-order valence-electron chi connectivity index (χ0n) is 13.1. The summed E-state index contributed by atoms with van der Waals surface area (Å²) in [5, 5.41) is 3.41. The number of rotatable bonds is 2. The average molecular weight is 376 g/mol. The molecular formula is C18H12ClF2N3S. The standard InChI is InChI=1S/C18H12ClF2N3S/c1-9-12-8-22-18(24-17-13(20)3-2-4-14(17)21)23-16(12)11-7-10(19)5-6-15(11)25-9/h2-9H,1H3,(H,22,23,24). The van der Waals surface area contributed by atoms with Crippen LogP contribution in [0.5, 0.6) is 0 Å². The van der Waals surface area contributed by atoms with Crippen molar-refractivity contribution in [2.75, 3.05) is 5.32 Å². The van der Waals surface area contributed by atoms with E-state index in [2.05, 4.69) is 22.2 Å². The first kappa shape index (κ1) is 16.3. The van der Waals surface area contributed by atoms with Crippen molar-refractivity contribution in [3.05, 3.63) is 64.8 Å². The Balaban J connectivity index is 1.80. The molecule has 0 bridgehead atoms. The molecule has 1 aromatic heterocycles. The van der Waals surface area contributed by atoms with Crippen molar-refractivity contribution in [3.8, 4) is 11.3 Å². The number of halogens is 3. The van der Waals surface area contributed by atoms with Gasteiger partial charge in [0.1, 0.15) is 17.3 Å². The summed E-state index contributed by atoms with van der Waals surface area (Å²) < 4.78 is 27.7. The molecule has 7 heteroatoms. The van der Waals surface area contributed by atoms with Gasteiger partial charge in [-0.1, -0.05) is 17.7 Å². The number of nitrogens with zero attached hydrogens (tertiary/aromatic N) is 2. The summed E-state index contributed by atoms with van der Waals surface area (Å²) in [5.41, 5.74) is 2.30. The Morgan fingerprint density at radius 2 is 1.92 bits per heavy atom. The third kappa shape index (κ3) is 2.96. The monoisotopic (exact) mass is 375 g/mol. The number of anilines is 2. The van der Waals surface area contributed by atoms with Crippen molar-refractivity contribution in [2.45, 2.75) is 17.1 Å². The normalized spacial score (nSPS) is 15.4. The molecular weight excluding hydrogens is 364 g/mol.